The van der Waals surface area contributed by atoms with Crippen molar-refractivity contribution in [2.45, 2.75) is 6.92 Å². The van der Waals surface area contributed by atoms with Gasteiger partial charge in [0.15, 0.2) is 0 Å². The summed E-state index contributed by atoms with van der Waals surface area (Å²) in [6, 6.07) is 11.6. The predicted molar refractivity (Wildman–Crippen MR) is 72.0 cm³/mol. The molecule has 0 unspecified atom stereocenters. The van der Waals surface area contributed by atoms with E-state index in [1.54, 1.807) is 13.2 Å². The van der Waals surface area contributed by atoms with Crippen molar-refractivity contribution in [3.63, 3.8) is 0 Å². The van der Waals surface area contributed by atoms with Crippen LogP contribution in [0.5, 0.6) is 5.75 Å². The molecule has 0 spiro atoms. The first-order valence-electron chi connectivity index (χ1n) is 5.42. The molecule has 0 radical (unpaired) electrons. The second-order valence-electron chi connectivity index (χ2n) is 4.03. The lowest BCUT2D eigenvalue weighted by Crippen LogP contribution is -1.94. The SMILES string of the molecule is COc1cc(-c2ccc(N)cc2N)ccc1C. The Balaban J connectivity index is 2.53. The van der Waals surface area contributed by atoms with E-state index >= 15 is 0 Å². The van der Waals surface area contributed by atoms with Crippen LogP contribution in [-0.4, -0.2) is 7.11 Å². The minimum Gasteiger partial charge on any atom is -0.496 e. The highest BCUT2D eigenvalue weighted by molar-refractivity contribution is 5.79. The molecule has 88 valence electrons. The zero-order chi connectivity index (χ0) is 12.4. The summed E-state index contributed by atoms with van der Waals surface area (Å²) in [6.45, 7) is 2.01. The van der Waals surface area contributed by atoms with Gasteiger partial charge in [-0.2, -0.15) is 0 Å². The second kappa shape index (κ2) is 4.37. The molecule has 0 aliphatic carbocycles. The Morgan fingerprint density at radius 3 is 2.41 bits per heavy atom. The second-order valence-corrected chi connectivity index (χ2v) is 4.03. The highest BCUT2D eigenvalue weighted by Gasteiger charge is 2.06. The van der Waals surface area contributed by atoms with Crippen LogP contribution in [0.15, 0.2) is 36.4 Å². The van der Waals surface area contributed by atoms with Gasteiger partial charge >= 0.3 is 0 Å². The summed E-state index contributed by atoms with van der Waals surface area (Å²) < 4.78 is 5.31. The van der Waals surface area contributed by atoms with Crippen LogP contribution in [-0.2, 0) is 0 Å². The minimum absolute atomic E-state index is 0.672. The Kier molecular flexibility index (Phi) is 2.91. The summed E-state index contributed by atoms with van der Waals surface area (Å²) in [5.74, 6) is 0.860. The number of anilines is 2. The molecule has 2 rings (SSSR count). The Bertz CT molecular complexity index is 550. The lowest BCUT2D eigenvalue weighted by atomic mass is 10.0. The van der Waals surface area contributed by atoms with Gasteiger partial charge in [-0.3, -0.25) is 0 Å². The van der Waals surface area contributed by atoms with Gasteiger partial charge < -0.3 is 16.2 Å². The highest BCUT2D eigenvalue weighted by atomic mass is 16.5. The number of ether oxygens (including phenoxy) is 1. The quantitative estimate of drug-likeness (QED) is 0.777. The first kappa shape index (κ1) is 11.3. The van der Waals surface area contributed by atoms with Crippen LogP contribution in [0.1, 0.15) is 5.56 Å². The molecule has 2 aromatic carbocycles. The van der Waals surface area contributed by atoms with Crippen molar-refractivity contribution in [2.24, 2.45) is 0 Å². The van der Waals surface area contributed by atoms with Gasteiger partial charge in [0, 0.05) is 16.9 Å². The summed E-state index contributed by atoms with van der Waals surface area (Å²) in [5, 5.41) is 0. The number of methoxy groups -OCH3 is 1. The van der Waals surface area contributed by atoms with Crippen LogP contribution >= 0.6 is 0 Å². The Morgan fingerprint density at radius 1 is 1.00 bits per heavy atom. The zero-order valence-electron chi connectivity index (χ0n) is 10.0. The Morgan fingerprint density at radius 2 is 1.76 bits per heavy atom. The molecule has 0 amide bonds. The molecular formula is C14H16N2O. The zero-order valence-corrected chi connectivity index (χ0v) is 10.0. The normalized spacial score (nSPS) is 10.2. The van der Waals surface area contributed by atoms with Crippen LogP contribution in [0.25, 0.3) is 11.1 Å². The molecule has 0 saturated carbocycles. The lowest BCUT2D eigenvalue weighted by Gasteiger charge is -2.10. The van der Waals surface area contributed by atoms with Crippen LogP contribution in [0.3, 0.4) is 0 Å². The maximum atomic E-state index is 5.96. The molecule has 0 saturated heterocycles. The summed E-state index contributed by atoms with van der Waals surface area (Å²) in [4.78, 5) is 0. The van der Waals surface area contributed by atoms with Crippen LogP contribution < -0.4 is 16.2 Å². The standard InChI is InChI=1S/C14H16N2O/c1-9-3-4-10(7-14(9)17-2)12-6-5-11(15)8-13(12)16/h3-8H,15-16H2,1-2H3. The van der Waals surface area contributed by atoms with Crippen molar-refractivity contribution in [2.75, 3.05) is 18.6 Å². The molecule has 0 aliphatic rings. The van der Waals surface area contributed by atoms with Gasteiger partial charge in [-0.25, -0.2) is 0 Å². The first-order chi connectivity index (χ1) is 8.11. The van der Waals surface area contributed by atoms with E-state index in [9.17, 15) is 0 Å². The molecule has 2 aromatic rings. The van der Waals surface area contributed by atoms with Crippen molar-refractivity contribution in [1.82, 2.24) is 0 Å². The molecule has 17 heavy (non-hydrogen) atoms. The largest absolute Gasteiger partial charge is 0.496 e. The third-order valence-corrected chi connectivity index (χ3v) is 2.79. The Hall–Kier alpha value is -2.16. The third kappa shape index (κ3) is 2.18. The van der Waals surface area contributed by atoms with Crippen LogP contribution in [0, 0.1) is 6.92 Å². The van der Waals surface area contributed by atoms with E-state index in [1.807, 2.05) is 37.3 Å². The van der Waals surface area contributed by atoms with Crippen molar-refractivity contribution in [3.8, 4) is 16.9 Å². The van der Waals surface area contributed by atoms with E-state index in [0.29, 0.717) is 11.4 Å². The van der Waals surface area contributed by atoms with Gasteiger partial charge in [-0.15, -0.1) is 0 Å². The molecule has 0 heterocycles. The first-order valence-corrected chi connectivity index (χ1v) is 5.42. The lowest BCUT2D eigenvalue weighted by molar-refractivity contribution is 0.412. The molecule has 0 aromatic heterocycles. The smallest absolute Gasteiger partial charge is 0.122 e. The fourth-order valence-electron chi connectivity index (χ4n) is 1.83. The number of hydrogen-bond acceptors (Lipinski definition) is 3. The van der Waals surface area contributed by atoms with E-state index in [1.165, 1.54) is 0 Å². The molecule has 0 atom stereocenters. The van der Waals surface area contributed by atoms with E-state index in [2.05, 4.69) is 0 Å². The highest BCUT2D eigenvalue weighted by Crippen LogP contribution is 2.31. The molecular weight excluding hydrogens is 212 g/mol. The van der Waals surface area contributed by atoms with E-state index < -0.39 is 0 Å². The van der Waals surface area contributed by atoms with Gasteiger partial charge in [-0.1, -0.05) is 18.2 Å². The fourth-order valence-corrected chi connectivity index (χ4v) is 1.83. The molecule has 3 heteroatoms. The maximum absolute atomic E-state index is 5.96. The number of rotatable bonds is 2. The number of nitrogens with two attached hydrogens (primary N) is 2. The van der Waals surface area contributed by atoms with Gasteiger partial charge in [0.2, 0.25) is 0 Å². The van der Waals surface area contributed by atoms with Crippen molar-refractivity contribution < 1.29 is 4.74 Å². The maximum Gasteiger partial charge on any atom is 0.122 e. The van der Waals surface area contributed by atoms with Gasteiger partial charge in [0.1, 0.15) is 5.75 Å². The minimum atomic E-state index is 0.672. The average molecular weight is 228 g/mol. The molecule has 0 bridgehead atoms. The van der Waals surface area contributed by atoms with Gasteiger partial charge in [0.25, 0.3) is 0 Å². The number of hydrogen-bond donors (Lipinski definition) is 2. The van der Waals surface area contributed by atoms with Gasteiger partial charge in [0.05, 0.1) is 7.11 Å². The van der Waals surface area contributed by atoms with E-state index in [-0.39, 0.29) is 0 Å². The van der Waals surface area contributed by atoms with Gasteiger partial charge in [-0.05, 0) is 36.2 Å². The van der Waals surface area contributed by atoms with Crippen LogP contribution in [0.2, 0.25) is 0 Å². The summed E-state index contributed by atoms with van der Waals surface area (Å²) >= 11 is 0. The number of nitrogen functional groups attached to an aromatic ring is 2. The van der Waals surface area contributed by atoms with Crippen LogP contribution in [0.4, 0.5) is 11.4 Å². The fraction of sp³-hybridized carbons (Fsp3) is 0.143. The van der Waals surface area contributed by atoms with Crippen molar-refractivity contribution in [1.29, 1.82) is 0 Å². The molecule has 4 N–H and O–H groups in total. The van der Waals surface area contributed by atoms with Crippen molar-refractivity contribution in [3.05, 3.63) is 42.0 Å². The number of benzene rings is 2. The predicted octanol–water partition coefficient (Wildman–Crippen LogP) is 2.84. The molecule has 3 nitrogen and oxygen atoms in total. The van der Waals surface area contributed by atoms with Crippen molar-refractivity contribution >= 4 is 11.4 Å². The molecule has 0 fully saturated rings. The third-order valence-electron chi connectivity index (χ3n) is 2.79. The molecule has 0 aliphatic heterocycles. The van der Waals surface area contributed by atoms with E-state index in [0.717, 1.165) is 22.4 Å². The topological polar surface area (TPSA) is 61.3 Å². The average Bonchev–Trinajstić information content (AvgIpc) is 2.30. The number of aryl methyl sites for hydroxylation is 1. The summed E-state index contributed by atoms with van der Waals surface area (Å²) in [5.41, 5.74) is 16.1. The monoisotopic (exact) mass is 228 g/mol. The summed E-state index contributed by atoms with van der Waals surface area (Å²) in [7, 11) is 1.67. The Labute approximate surface area is 101 Å². The van der Waals surface area contributed by atoms with E-state index in [4.69, 9.17) is 16.2 Å². The summed E-state index contributed by atoms with van der Waals surface area (Å²) in [6.07, 6.45) is 0.